The first-order valence-corrected chi connectivity index (χ1v) is 9.02. The van der Waals surface area contributed by atoms with Crippen LogP contribution in [0.4, 0.5) is 0 Å². The first-order chi connectivity index (χ1) is 11.7. The quantitative estimate of drug-likeness (QED) is 0.864. The number of ether oxygens (including phenoxy) is 1. The van der Waals surface area contributed by atoms with Crippen LogP contribution in [0.1, 0.15) is 30.0 Å². The highest BCUT2D eigenvalue weighted by atomic mass is 16.5. The van der Waals surface area contributed by atoms with Crippen molar-refractivity contribution < 1.29 is 4.74 Å². The van der Waals surface area contributed by atoms with E-state index in [4.69, 9.17) is 4.74 Å². The summed E-state index contributed by atoms with van der Waals surface area (Å²) in [7, 11) is 1.85. The minimum Gasteiger partial charge on any atom is -0.379 e. The molecule has 2 heterocycles. The highest BCUT2D eigenvalue weighted by molar-refractivity contribution is 5.21. The third-order valence-corrected chi connectivity index (χ3v) is 5.85. The van der Waals surface area contributed by atoms with Gasteiger partial charge in [-0.05, 0) is 43.2 Å². The second-order valence-electron chi connectivity index (χ2n) is 7.50. The van der Waals surface area contributed by atoms with Gasteiger partial charge in [0.1, 0.15) is 0 Å². The van der Waals surface area contributed by atoms with Gasteiger partial charge in [0.15, 0.2) is 0 Å². The predicted molar refractivity (Wildman–Crippen MR) is 94.7 cm³/mol. The van der Waals surface area contributed by atoms with E-state index in [9.17, 15) is 0 Å². The van der Waals surface area contributed by atoms with Gasteiger partial charge in [-0.15, -0.1) is 0 Å². The van der Waals surface area contributed by atoms with E-state index >= 15 is 0 Å². The molecular formula is C20H27N3O. The SMILES string of the molecule is CO[C@H]1C[C@@H]2CN(Cc3ccc(C)cc3)C[C@@H]2C[C@@H]1n1cccn1. The van der Waals surface area contributed by atoms with E-state index in [-0.39, 0.29) is 6.10 Å². The Kier molecular flexibility index (Phi) is 4.42. The number of aryl methyl sites for hydroxylation is 1. The maximum absolute atomic E-state index is 5.82. The minimum absolute atomic E-state index is 0.283. The highest BCUT2D eigenvalue weighted by Crippen LogP contribution is 2.42. The fraction of sp³-hybridized carbons (Fsp3) is 0.550. The van der Waals surface area contributed by atoms with E-state index in [0.717, 1.165) is 24.8 Å². The van der Waals surface area contributed by atoms with Crippen LogP contribution in [0.2, 0.25) is 0 Å². The lowest BCUT2D eigenvalue weighted by Crippen LogP contribution is -2.37. The van der Waals surface area contributed by atoms with Gasteiger partial charge in [-0.25, -0.2) is 0 Å². The molecule has 2 aromatic rings. The van der Waals surface area contributed by atoms with E-state index in [1.165, 1.54) is 30.6 Å². The zero-order valence-corrected chi connectivity index (χ0v) is 14.6. The fourth-order valence-electron chi connectivity index (χ4n) is 4.58. The first-order valence-electron chi connectivity index (χ1n) is 9.02. The Morgan fingerprint density at radius 3 is 2.54 bits per heavy atom. The number of hydrogen-bond acceptors (Lipinski definition) is 3. The molecule has 1 saturated carbocycles. The molecule has 2 aliphatic rings. The lowest BCUT2D eigenvalue weighted by molar-refractivity contribution is -0.00486. The minimum atomic E-state index is 0.283. The number of benzene rings is 1. The number of methoxy groups -OCH3 is 1. The Bertz CT molecular complexity index is 652. The van der Waals surface area contributed by atoms with Crippen LogP contribution in [-0.2, 0) is 11.3 Å². The van der Waals surface area contributed by atoms with Crippen LogP contribution in [0.15, 0.2) is 42.7 Å². The topological polar surface area (TPSA) is 30.3 Å². The van der Waals surface area contributed by atoms with Crippen LogP contribution in [0.3, 0.4) is 0 Å². The fourth-order valence-corrected chi connectivity index (χ4v) is 4.58. The van der Waals surface area contributed by atoms with Crippen molar-refractivity contribution >= 4 is 0 Å². The Labute approximate surface area is 144 Å². The van der Waals surface area contributed by atoms with E-state index in [1.54, 1.807) is 0 Å². The number of aromatic nitrogens is 2. The summed E-state index contributed by atoms with van der Waals surface area (Å²) in [5.41, 5.74) is 2.75. The third kappa shape index (κ3) is 3.13. The highest BCUT2D eigenvalue weighted by Gasteiger charge is 2.43. The molecule has 4 heteroatoms. The van der Waals surface area contributed by atoms with Crippen molar-refractivity contribution in [2.45, 2.75) is 38.5 Å². The number of hydrogen-bond donors (Lipinski definition) is 0. The molecule has 1 aliphatic carbocycles. The number of nitrogens with zero attached hydrogens (tertiary/aromatic N) is 3. The van der Waals surface area contributed by atoms with E-state index < -0.39 is 0 Å². The zero-order valence-electron chi connectivity index (χ0n) is 14.6. The summed E-state index contributed by atoms with van der Waals surface area (Å²) in [5.74, 6) is 1.52. The molecule has 1 saturated heterocycles. The summed E-state index contributed by atoms with van der Waals surface area (Å²) < 4.78 is 7.93. The van der Waals surface area contributed by atoms with Crippen LogP contribution >= 0.6 is 0 Å². The molecule has 0 amide bonds. The third-order valence-electron chi connectivity index (χ3n) is 5.85. The standard InChI is InChI=1S/C20H27N3O/c1-15-4-6-16(7-5-15)12-22-13-17-10-19(23-9-3-8-21-23)20(24-2)11-18(17)14-22/h3-9,17-20H,10-14H2,1-2H3/t17-,18+,19-,20-/m0/s1. The Balaban J connectivity index is 1.44. The van der Waals surface area contributed by atoms with Crippen molar-refractivity contribution in [3.05, 3.63) is 53.9 Å². The summed E-state index contributed by atoms with van der Waals surface area (Å²) in [6, 6.07) is 11.4. The smallest absolute Gasteiger partial charge is 0.0798 e. The molecule has 24 heavy (non-hydrogen) atoms. The molecule has 4 nitrogen and oxygen atoms in total. The average Bonchev–Trinajstić information content (AvgIpc) is 3.24. The van der Waals surface area contributed by atoms with Gasteiger partial charge in [0.25, 0.3) is 0 Å². The second-order valence-corrected chi connectivity index (χ2v) is 7.50. The van der Waals surface area contributed by atoms with Crippen molar-refractivity contribution in [3.63, 3.8) is 0 Å². The van der Waals surface area contributed by atoms with Crippen LogP contribution in [0.25, 0.3) is 0 Å². The summed E-state index contributed by atoms with van der Waals surface area (Å²) in [5, 5.41) is 4.47. The average molecular weight is 325 g/mol. The lowest BCUT2D eigenvalue weighted by atomic mass is 9.77. The van der Waals surface area contributed by atoms with E-state index in [2.05, 4.69) is 52.1 Å². The van der Waals surface area contributed by atoms with Gasteiger partial charge in [-0.2, -0.15) is 5.10 Å². The zero-order chi connectivity index (χ0) is 16.5. The van der Waals surface area contributed by atoms with Gasteiger partial charge < -0.3 is 4.74 Å². The number of likely N-dealkylation sites (tertiary alicyclic amines) is 1. The summed E-state index contributed by atoms with van der Waals surface area (Å²) in [4.78, 5) is 2.62. The molecule has 1 aliphatic heterocycles. The van der Waals surface area contributed by atoms with Gasteiger partial charge in [0, 0.05) is 39.1 Å². The second kappa shape index (κ2) is 6.69. The molecule has 0 N–H and O–H groups in total. The summed E-state index contributed by atoms with van der Waals surface area (Å²) in [6.07, 6.45) is 6.56. The maximum Gasteiger partial charge on any atom is 0.0798 e. The Morgan fingerprint density at radius 2 is 1.88 bits per heavy atom. The molecule has 0 spiro atoms. The number of rotatable bonds is 4. The largest absolute Gasteiger partial charge is 0.379 e. The van der Waals surface area contributed by atoms with Crippen molar-refractivity contribution in [2.75, 3.05) is 20.2 Å². The molecule has 4 atom stereocenters. The molecule has 0 bridgehead atoms. The summed E-state index contributed by atoms with van der Waals surface area (Å²) in [6.45, 7) is 5.61. The molecule has 0 unspecified atom stereocenters. The molecular weight excluding hydrogens is 298 g/mol. The van der Waals surface area contributed by atoms with Gasteiger partial charge >= 0.3 is 0 Å². The molecule has 1 aromatic carbocycles. The molecule has 128 valence electrons. The van der Waals surface area contributed by atoms with Crippen LogP contribution in [-0.4, -0.2) is 41.0 Å². The van der Waals surface area contributed by atoms with E-state index in [0.29, 0.717) is 6.04 Å². The summed E-state index contributed by atoms with van der Waals surface area (Å²) >= 11 is 0. The van der Waals surface area contributed by atoms with E-state index in [1.807, 2.05) is 19.4 Å². The predicted octanol–water partition coefficient (Wildman–Crippen LogP) is 3.29. The van der Waals surface area contributed by atoms with Gasteiger partial charge in [0.05, 0.1) is 12.1 Å². The normalized spacial score (nSPS) is 30.4. The van der Waals surface area contributed by atoms with Crippen molar-refractivity contribution in [1.29, 1.82) is 0 Å². The Hall–Kier alpha value is -1.65. The van der Waals surface area contributed by atoms with Crippen molar-refractivity contribution in [3.8, 4) is 0 Å². The Morgan fingerprint density at radius 1 is 1.12 bits per heavy atom. The van der Waals surface area contributed by atoms with Crippen LogP contribution in [0.5, 0.6) is 0 Å². The van der Waals surface area contributed by atoms with Crippen LogP contribution < -0.4 is 0 Å². The van der Waals surface area contributed by atoms with Gasteiger partial charge in [-0.1, -0.05) is 29.8 Å². The van der Waals surface area contributed by atoms with Crippen molar-refractivity contribution in [2.24, 2.45) is 11.8 Å². The van der Waals surface area contributed by atoms with Crippen LogP contribution in [0, 0.1) is 18.8 Å². The molecule has 0 radical (unpaired) electrons. The molecule has 2 fully saturated rings. The van der Waals surface area contributed by atoms with Crippen molar-refractivity contribution in [1.82, 2.24) is 14.7 Å². The molecule has 4 rings (SSSR count). The first kappa shape index (κ1) is 15.9. The lowest BCUT2D eigenvalue weighted by Gasteiger charge is -2.37. The van der Waals surface area contributed by atoms with Gasteiger partial charge in [-0.3, -0.25) is 9.58 Å². The monoisotopic (exact) mass is 325 g/mol. The number of fused-ring (bicyclic) bond motifs is 1. The van der Waals surface area contributed by atoms with Gasteiger partial charge in [0.2, 0.25) is 0 Å². The molecule has 1 aromatic heterocycles. The maximum atomic E-state index is 5.82.